The average molecular weight is 643 g/mol. The fourth-order valence-corrected chi connectivity index (χ4v) is 5.81. The number of rotatable bonds is 7. The zero-order valence-electron chi connectivity index (χ0n) is 23.7. The maximum atomic E-state index is 13.4. The predicted octanol–water partition coefficient (Wildman–Crippen LogP) is 4.84. The number of nitrogens with zero attached hydrogens (tertiary/aromatic N) is 6. The molecule has 0 bridgehead atoms. The lowest BCUT2D eigenvalue weighted by molar-refractivity contribution is -0.0364. The van der Waals surface area contributed by atoms with Gasteiger partial charge in [0.1, 0.15) is 5.52 Å². The van der Waals surface area contributed by atoms with Crippen molar-refractivity contribution in [2.24, 2.45) is 12.8 Å². The van der Waals surface area contributed by atoms with Crippen LogP contribution in [0.1, 0.15) is 24.0 Å². The van der Waals surface area contributed by atoms with E-state index in [4.69, 9.17) is 17.3 Å². The van der Waals surface area contributed by atoms with Crippen molar-refractivity contribution in [2.75, 3.05) is 13.1 Å². The van der Waals surface area contributed by atoms with E-state index in [1.165, 1.54) is 10.9 Å². The van der Waals surface area contributed by atoms with Crippen LogP contribution in [0.15, 0.2) is 78.1 Å². The first kappa shape index (κ1) is 32.6. The highest BCUT2D eigenvalue weighted by molar-refractivity contribution is 6.31. The summed E-state index contributed by atoms with van der Waals surface area (Å²) in [5, 5.41) is 16.6. The smallest absolute Gasteiger partial charge is 0.281 e. The van der Waals surface area contributed by atoms with Gasteiger partial charge in [0.25, 0.3) is 5.56 Å². The van der Waals surface area contributed by atoms with Crippen molar-refractivity contribution in [3.05, 3.63) is 99.8 Å². The monoisotopic (exact) mass is 641 g/mol. The Hall–Kier alpha value is -3.31. The summed E-state index contributed by atoms with van der Waals surface area (Å²) in [7, 11) is 1.81. The van der Waals surface area contributed by atoms with Gasteiger partial charge in [-0.25, -0.2) is 4.98 Å². The Morgan fingerprint density at radius 1 is 0.953 bits per heavy atom. The number of aryl methyl sites for hydroxylation is 1. The molecular formula is C31H34Cl3N7O2. The van der Waals surface area contributed by atoms with Gasteiger partial charge in [-0.15, -0.1) is 24.8 Å². The van der Waals surface area contributed by atoms with Crippen LogP contribution in [0.2, 0.25) is 5.02 Å². The molecule has 43 heavy (non-hydrogen) atoms. The number of hydrogen-bond acceptors (Lipinski definition) is 7. The standard InChI is InChI=1S/C31H32ClN7O2.2ClH/c1-37-29(23-4-2-21(17-33)3-5-23)27-28(36-37)30(40)39(20-35-27)19-31(41)10-14-38(15-11-31)18-25-7-6-24(16-26(25)32)22-8-12-34-13-9-22;;/h2-9,12-13,16,20,41H,10-11,14-15,17-19,33H2,1H3;2*1H. The molecule has 9 nitrogen and oxygen atoms in total. The normalized spacial score (nSPS) is 14.7. The van der Waals surface area contributed by atoms with Crippen LogP contribution in [0.3, 0.4) is 0 Å². The summed E-state index contributed by atoms with van der Waals surface area (Å²) in [6.07, 6.45) is 6.13. The zero-order valence-corrected chi connectivity index (χ0v) is 26.1. The third kappa shape index (κ3) is 6.77. The summed E-state index contributed by atoms with van der Waals surface area (Å²) in [5.74, 6) is 0. The van der Waals surface area contributed by atoms with E-state index < -0.39 is 5.60 Å². The topological polar surface area (TPSA) is 115 Å². The van der Waals surface area contributed by atoms with Gasteiger partial charge in [0.05, 0.1) is 24.2 Å². The summed E-state index contributed by atoms with van der Waals surface area (Å²) >= 11 is 6.64. The van der Waals surface area contributed by atoms with Crippen LogP contribution >= 0.6 is 36.4 Å². The van der Waals surface area contributed by atoms with Crippen molar-refractivity contribution in [1.82, 2.24) is 29.2 Å². The Kier molecular flexibility index (Phi) is 10.3. The Labute approximate surface area is 267 Å². The predicted molar refractivity (Wildman–Crippen MR) is 175 cm³/mol. The molecule has 1 saturated heterocycles. The third-order valence-electron chi connectivity index (χ3n) is 7.99. The molecule has 226 valence electrons. The van der Waals surface area contributed by atoms with Crippen LogP contribution in [-0.4, -0.2) is 53.0 Å². The fourth-order valence-electron chi connectivity index (χ4n) is 5.57. The summed E-state index contributed by atoms with van der Waals surface area (Å²) in [4.78, 5) is 24.4. The second-order valence-electron chi connectivity index (χ2n) is 10.8. The van der Waals surface area contributed by atoms with Crippen LogP contribution in [0.5, 0.6) is 0 Å². The number of hydrogen-bond donors (Lipinski definition) is 2. The molecule has 1 aliphatic rings. The van der Waals surface area contributed by atoms with Gasteiger partial charge < -0.3 is 10.8 Å². The van der Waals surface area contributed by atoms with Crippen molar-refractivity contribution < 1.29 is 5.11 Å². The molecule has 6 rings (SSSR count). The van der Waals surface area contributed by atoms with Crippen molar-refractivity contribution >= 4 is 47.4 Å². The average Bonchev–Trinajstić information content (AvgIpc) is 3.34. The first-order valence-electron chi connectivity index (χ1n) is 13.7. The summed E-state index contributed by atoms with van der Waals surface area (Å²) in [5.41, 5.74) is 11.2. The molecule has 2 aromatic carbocycles. The van der Waals surface area contributed by atoms with Crippen LogP contribution < -0.4 is 11.3 Å². The van der Waals surface area contributed by atoms with E-state index in [0.717, 1.165) is 38.5 Å². The summed E-state index contributed by atoms with van der Waals surface area (Å²) in [6, 6.07) is 17.9. The Morgan fingerprint density at radius 2 is 1.63 bits per heavy atom. The number of likely N-dealkylation sites (tertiary alicyclic amines) is 1. The van der Waals surface area contributed by atoms with Gasteiger partial charge in [-0.05, 0) is 53.3 Å². The van der Waals surface area contributed by atoms with Crippen LogP contribution in [0.25, 0.3) is 33.4 Å². The van der Waals surface area contributed by atoms with Gasteiger partial charge in [-0.2, -0.15) is 5.10 Å². The van der Waals surface area contributed by atoms with E-state index in [0.29, 0.717) is 50.1 Å². The lowest BCUT2D eigenvalue weighted by Gasteiger charge is -2.38. The molecule has 0 spiro atoms. The number of pyridine rings is 1. The molecule has 3 aromatic heterocycles. The lowest BCUT2D eigenvalue weighted by Crippen LogP contribution is -2.47. The van der Waals surface area contributed by atoms with Crippen LogP contribution in [0.4, 0.5) is 0 Å². The van der Waals surface area contributed by atoms with Crippen LogP contribution in [0, 0.1) is 0 Å². The third-order valence-corrected chi connectivity index (χ3v) is 8.34. The number of benzene rings is 2. The van der Waals surface area contributed by atoms with E-state index in [-0.39, 0.29) is 36.9 Å². The number of fused-ring (bicyclic) bond motifs is 1. The SMILES string of the molecule is Cl.Cl.Cn1nc2c(=O)n(CC3(O)CCN(Cc4ccc(-c5ccncc5)cc4Cl)CC3)cnc2c1-c1ccc(CN)cc1. The molecular weight excluding hydrogens is 609 g/mol. The quantitative estimate of drug-likeness (QED) is 0.261. The van der Waals surface area contributed by atoms with Crippen LogP contribution in [-0.2, 0) is 26.7 Å². The van der Waals surface area contributed by atoms with Crippen molar-refractivity contribution in [3.63, 3.8) is 0 Å². The minimum Gasteiger partial charge on any atom is -0.388 e. The summed E-state index contributed by atoms with van der Waals surface area (Å²) < 4.78 is 3.17. The van der Waals surface area contributed by atoms with Gasteiger partial charge in [-0.1, -0.05) is 48.0 Å². The largest absolute Gasteiger partial charge is 0.388 e. The highest BCUT2D eigenvalue weighted by atomic mass is 35.5. The number of aliphatic hydroxyl groups is 1. The van der Waals surface area contributed by atoms with Crippen molar-refractivity contribution in [1.29, 1.82) is 0 Å². The molecule has 5 aromatic rings. The van der Waals surface area contributed by atoms with E-state index >= 15 is 0 Å². The lowest BCUT2D eigenvalue weighted by atomic mass is 9.91. The van der Waals surface area contributed by atoms with Gasteiger partial charge in [0, 0.05) is 56.2 Å². The maximum absolute atomic E-state index is 13.4. The highest BCUT2D eigenvalue weighted by Gasteiger charge is 2.33. The maximum Gasteiger partial charge on any atom is 0.281 e. The highest BCUT2D eigenvalue weighted by Crippen LogP contribution is 2.30. The minimum atomic E-state index is -1.01. The van der Waals surface area contributed by atoms with Gasteiger partial charge in [0.2, 0.25) is 0 Å². The van der Waals surface area contributed by atoms with E-state index in [1.54, 1.807) is 24.1 Å². The fraction of sp³-hybridized carbons (Fsp3) is 0.290. The number of nitrogens with two attached hydrogens (primary N) is 1. The molecule has 1 aliphatic heterocycles. The van der Waals surface area contributed by atoms with Gasteiger partial charge in [0.15, 0.2) is 5.52 Å². The zero-order chi connectivity index (χ0) is 28.6. The molecule has 0 aliphatic carbocycles. The molecule has 0 unspecified atom stereocenters. The first-order chi connectivity index (χ1) is 19.8. The second kappa shape index (κ2) is 13.5. The summed E-state index contributed by atoms with van der Waals surface area (Å²) in [6.45, 7) is 2.71. The molecule has 12 heteroatoms. The molecule has 4 heterocycles. The van der Waals surface area contributed by atoms with Crippen molar-refractivity contribution in [3.8, 4) is 22.4 Å². The van der Waals surface area contributed by atoms with E-state index in [1.807, 2.05) is 42.5 Å². The Bertz CT molecular complexity index is 1750. The first-order valence-corrected chi connectivity index (χ1v) is 14.1. The number of piperidine rings is 1. The van der Waals surface area contributed by atoms with E-state index in [2.05, 4.69) is 32.1 Å². The molecule has 0 saturated carbocycles. The van der Waals surface area contributed by atoms with Crippen molar-refractivity contribution in [2.45, 2.75) is 38.1 Å². The second-order valence-corrected chi connectivity index (χ2v) is 11.2. The number of aromatic nitrogens is 5. The molecule has 1 fully saturated rings. The molecule has 0 atom stereocenters. The minimum absolute atomic E-state index is 0. The molecule has 0 amide bonds. The molecule has 3 N–H and O–H groups in total. The Morgan fingerprint density at radius 3 is 2.28 bits per heavy atom. The number of halogens is 3. The van der Waals surface area contributed by atoms with Gasteiger partial charge >= 0.3 is 0 Å². The molecule has 0 radical (unpaired) electrons. The van der Waals surface area contributed by atoms with E-state index in [9.17, 15) is 9.90 Å². The van der Waals surface area contributed by atoms with Gasteiger partial charge in [-0.3, -0.25) is 23.9 Å². The Balaban J connectivity index is 0.00000212.